The molecule has 0 aliphatic carbocycles. The van der Waals surface area contributed by atoms with Gasteiger partial charge in [-0.05, 0) is 5.56 Å². The Morgan fingerprint density at radius 3 is 2.36 bits per heavy atom. The molecule has 9 nitrogen and oxygen atoms in total. The van der Waals surface area contributed by atoms with Gasteiger partial charge in [0.05, 0.1) is 4.92 Å². The molecule has 116 valence electrons. The molecule has 0 atom stereocenters. The summed E-state index contributed by atoms with van der Waals surface area (Å²) in [5.41, 5.74) is 18.0. The molecular weight excluding hydrogens is 288 g/mol. The number of nitrogen functional groups attached to an aromatic ring is 2. The number of aromatic nitrogens is 1. The number of anilines is 1. The van der Waals surface area contributed by atoms with Crippen LogP contribution < -0.4 is 28.6 Å². The van der Waals surface area contributed by atoms with Gasteiger partial charge in [-0.25, -0.2) is 4.68 Å². The average Bonchev–Trinajstić information content (AvgIpc) is 2.52. The fraction of sp³-hybridized carbons (Fsp3) is 0.154. The van der Waals surface area contributed by atoms with E-state index in [4.69, 9.17) is 23.0 Å². The highest BCUT2D eigenvalue weighted by atomic mass is 16.6. The molecule has 0 amide bonds. The van der Waals surface area contributed by atoms with Crippen molar-refractivity contribution in [3.8, 4) is 11.1 Å². The van der Waals surface area contributed by atoms with Gasteiger partial charge in [-0.1, -0.05) is 12.1 Å². The third kappa shape index (κ3) is 2.38. The van der Waals surface area contributed by atoms with E-state index in [2.05, 4.69) is 0 Å². The number of rotatable bonds is 4. The van der Waals surface area contributed by atoms with Gasteiger partial charge in [0.25, 0.3) is 11.2 Å². The summed E-state index contributed by atoms with van der Waals surface area (Å²) in [7, 11) is 0. The normalized spacial score (nSPS) is 10.6. The van der Waals surface area contributed by atoms with Gasteiger partial charge >= 0.3 is 0 Å². The first-order valence-corrected chi connectivity index (χ1v) is 6.38. The van der Waals surface area contributed by atoms with E-state index >= 15 is 0 Å². The van der Waals surface area contributed by atoms with E-state index in [1.165, 1.54) is 18.2 Å². The van der Waals surface area contributed by atoms with Gasteiger partial charge in [0.1, 0.15) is 5.82 Å². The van der Waals surface area contributed by atoms with Crippen LogP contribution in [0.2, 0.25) is 0 Å². The van der Waals surface area contributed by atoms with Crippen molar-refractivity contribution in [3.63, 3.8) is 0 Å². The molecule has 2 aromatic rings. The van der Waals surface area contributed by atoms with E-state index in [1.54, 1.807) is 6.07 Å². The zero-order valence-electron chi connectivity index (χ0n) is 11.7. The molecule has 0 spiro atoms. The van der Waals surface area contributed by atoms with Gasteiger partial charge in [0.2, 0.25) is 0 Å². The van der Waals surface area contributed by atoms with Crippen molar-refractivity contribution in [1.82, 2.24) is 4.68 Å². The fourth-order valence-electron chi connectivity index (χ4n) is 2.34. The summed E-state index contributed by atoms with van der Waals surface area (Å²) in [4.78, 5) is 22.6. The third-order valence-electron chi connectivity index (χ3n) is 3.40. The predicted octanol–water partition coefficient (Wildman–Crippen LogP) is -0.363. The lowest BCUT2D eigenvalue weighted by molar-refractivity contribution is -0.384. The van der Waals surface area contributed by atoms with E-state index in [0.717, 1.165) is 4.68 Å². The summed E-state index contributed by atoms with van der Waals surface area (Å²) in [5, 5.41) is 10.9. The predicted molar refractivity (Wildman–Crippen MR) is 83.1 cm³/mol. The Morgan fingerprint density at radius 2 is 1.82 bits per heavy atom. The first kappa shape index (κ1) is 15.5. The first-order valence-electron chi connectivity index (χ1n) is 6.38. The Morgan fingerprint density at radius 1 is 1.18 bits per heavy atom. The lowest BCUT2D eigenvalue weighted by Crippen LogP contribution is -2.35. The van der Waals surface area contributed by atoms with Crippen molar-refractivity contribution >= 4 is 11.5 Å². The van der Waals surface area contributed by atoms with Crippen LogP contribution in [0.5, 0.6) is 0 Å². The van der Waals surface area contributed by atoms with Crippen LogP contribution in [0.4, 0.5) is 11.5 Å². The van der Waals surface area contributed by atoms with Crippen LogP contribution in [0.15, 0.2) is 29.1 Å². The molecule has 1 aromatic carbocycles. The maximum absolute atomic E-state index is 12.2. The molecule has 1 heterocycles. The van der Waals surface area contributed by atoms with Gasteiger partial charge in [0.15, 0.2) is 0 Å². The largest absolute Gasteiger partial charge is 0.383 e. The second kappa shape index (κ2) is 5.84. The average molecular weight is 304 g/mol. The van der Waals surface area contributed by atoms with E-state index < -0.39 is 10.5 Å². The van der Waals surface area contributed by atoms with Crippen molar-refractivity contribution in [3.05, 3.63) is 55.9 Å². The third-order valence-corrected chi connectivity index (χ3v) is 3.40. The van der Waals surface area contributed by atoms with Crippen molar-refractivity contribution in [1.29, 1.82) is 0 Å². The number of nitro benzene ring substituents is 1. The molecule has 0 fully saturated rings. The van der Waals surface area contributed by atoms with Crippen LogP contribution in [0, 0.1) is 10.1 Å². The summed E-state index contributed by atoms with van der Waals surface area (Å²) in [6.45, 7) is -0.0876. The molecule has 8 N–H and O–H groups in total. The molecule has 0 saturated carbocycles. The number of nitro groups is 1. The number of nitrogens with zero attached hydrogens (tertiary/aromatic N) is 2. The highest BCUT2D eigenvalue weighted by molar-refractivity contribution is 5.76. The van der Waals surface area contributed by atoms with E-state index in [1.807, 2.05) is 0 Å². The van der Waals surface area contributed by atoms with Crippen molar-refractivity contribution < 1.29 is 4.92 Å². The number of hydrogen-bond donors (Lipinski definition) is 4. The number of benzene rings is 1. The lowest BCUT2D eigenvalue weighted by Gasteiger charge is -2.17. The molecule has 22 heavy (non-hydrogen) atoms. The molecule has 1 aromatic heterocycles. The minimum atomic E-state index is -0.557. The van der Waals surface area contributed by atoms with Crippen LogP contribution in [0.25, 0.3) is 11.1 Å². The van der Waals surface area contributed by atoms with Gasteiger partial charge in [-0.3, -0.25) is 14.9 Å². The van der Waals surface area contributed by atoms with Crippen LogP contribution in [0.1, 0.15) is 11.1 Å². The maximum Gasteiger partial charge on any atom is 0.275 e. The Balaban J connectivity index is 2.87. The summed E-state index contributed by atoms with van der Waals surface area (Å²) in [6.07, 6.45) is 0. The summed E-state index contributed by atoms with van der Waals surface area (Å²) in [5.74, 6) is 5.63. The first-order chi connectivity index (χ1) is 10.4. The minimum Gasteiger partial charge on any atom is -0.383 e. The Bertz CT molecular complexity index is 799. The zero-order valence-corrected chi connectivity index (χ0v) is 11.7. The van der Waals surface area contributed by atoms with E-state index in [-0.39, 0.29) is 30.2 Å². The number of pyridine rings is 1. The Labute approximate surface area is 125 Å². The summed E-state index contributed by atoms with van der Waals surface area (Å²) >= 11 is 0. The van der Waals surface area contributed by atoms with E-state index in [0.29, 0.717) is 16.7 Å². The topological polar surface area (TPSA) is 169 Å². The zero-order chi connectivity index (χ0) is 16.4. The summed E-state index contributed by atoms with van der Waals surface area (Å²) in [6, 6.07) is 5.83. The highest BCUT2D eigenvalue weighted by Gasteiger charge is 2.20. The molecule has 9 heteroatoms. The van der Waals surface area contributed by atoms with Crippen LogP contribution in [0.3, 0.4) is 0 Å². The van der Waals surface area contributed by atoms with Crippen molar-refractivity contribution in [2.24, 2.45) is 11.5 Å². The molecule has 0 aliphatic rings. The van der Waals surface area contributed by atoms with Crippen LogP contribution >= 0.6 is 0 Å². The highest BCUT2D eigenvalue weighted by Crippen LogP contribution is 2.31. The molecule has 0 unspecified atom stereocenters. The lowest BCUT2D eigenvalue weighted by atomic mass is 9.95. The molecular formula is C13H16N6O3. The smallest absolute Gasteiger partial charge is 0.275 e. The number of nitrogens with two attached hydrogens (primary N) is 4. The van der Waals surface area contributed by atoms with Crippen LogP contribution in [-0.4, -0.2) is 9.60 Å². The van der Waals surface area contributed by atoms with E-state index in [9.17, 15) is 14.9 Å². The SMILES string of the molecule is NCc1c(-c2cccc([N+](=O)[O-])c2)c(CN)c(=O)n(N)c1N. The molecule has 0 saturated heterocycles. The minimum absolute atomic E-state index is 0.00575. The Kier molecular flexibility index (Phi) is 4.11. The van der Waals surface area contributed by atoms with Gasteiger partial charge < -0.3 is 23.0 Å². The standard InChI is InChI=1S/C13H16N6O3/c14-5-9-11(7-2-1-3-8(4-7)19(21)22)10(6-15)13(20)18(17)12(9)16/h1-4H,5-6,14-17H2. The van der Waals surface area contributed by atoms with Crippen LogP contribution in [-0.2, 0) is 13.1 Å². The van der Waals surface area contributed by atoms with Gasteiger partial charge in [0, 0.05) is 41.9 Å². The van der Waals surface area contributed by atoms with Crippen molar-refractivity contribution in [2.45, 2.75) is 13.1 Å². The Hall–Kier alpha value is -2.91. The van der Waals surface area contributed by atoms with Gasteiger partial charge in [-0.2, -0.15) is 0 Å². The fourth-order valence-corrected chi connectivity index (χ4v) is 2.34. The summed E-state index contributed by atoms with van der Waals surface area (Å²) < 4.78 is 0.783. The second-order valence-corrected chi connectivity index (χ2v) is 4.61. The molecule has 0 radical (unpaired) electrons. The number of non-ortho nitro benzene ring substituents is 1. The molecule has 2 rings (SSSR count). The second-order valence-electron chi connectivity index (χ2n) is 4.61. The van der Waals surface area contributed by atoms with Gasteiger partial charge in [-0.15, -0.1) is 0 Å². The monoisotopic (exact) mass is 304 g/mol. The molecule has 0 aliphatic heterocycles. The maximum atomic E-state index is 12.2. The quantitative estimate of drug-likeness (QED) is 0.339. The molecule has 0 bridgehead atoms. The number of hydrogen-bond acceptors (Lipinski definition) is 7. The van der Waals surface area contributed by atoms with Crippen molar-refractivity contribution in [2.75, 3.05) is 11.6 Å².